The molecule has 0 saturated carbocycles. The van der Waals surface area contributed by atoms with E-state index in [0.29, 0.717) is 31.7 Å². The third-order valence-electron chi connectivity index (χ3n) is 3.03. The number of hydrogen-bond acceptors (Lipinski definition) is 3. The molecule has 0 fully saturated rings. The molecule has 0 saturated heterocycles. The molecule has 3 N–H and O–H groups in total. The Morgan fingerprint density at radius 3 is 2.60 bits per heavy atom. The minimum Gasteiger partial charge on any atom is -0.389 e. The zero-order valence-corrected chi connectivity index (χ0v) is 12.6. The third kappa shape index (κ3) is 4.16. The van der Waals surface area contributed by atoms with Crippen molar-refractivity contribution in [2.24, 2.45) is 5.73 Å². The maximum Gasteiger partial charge on any atom is 0.224 e. The number of nitrogens with one attached hydrogen (secondary N) is 1. The Bertz CT molecular complexity index is 489. The predicted octanol–water partition coefficient (Wildman–Crippen LogP) is 2.13. The van der Waals surface area contributed by atoms with Gasteiger partial charge in [-0.1, -0.05) is 18.3 Å². The van der Waals surface area contributed by atoms with Crippen LogP contribution in [0.4, 0.5) is 10.1 Å². The number of nitrogens with two attached hydrogens (primary N) is 1. The van der Waals surface area contributed by atoms with E-state index in [9.17, 15) is 9.18 Å². The molecule has 0 spiro atoms. The zero-order chi connectivity index (χ0) is 15.1. The fraction of sp³-hybridized carbons (Fsp3) is 0.429. The standard InChI is InChI=1S/C14H20FN3OS/c1-3-18(4-2)12(19)8-9-17-11-7-5-6-10(15)13(11)14(16)20/h5-7,17H,3-4,8-9H2,1-2H3,(H2,16,20). The topological polar surface area (TPSA) is 58.4 Å². The second kappa shape index (κ2) is 7.79. The maximum atomic E-state index is 13.6. The van der Waals surface area contributed by atoms with Crippen LogP contribution in [0.5, 0.6) is 0 Å². The van der Waals surface area contributed by atoms with E-state index in [1.165, 1.54) is 6.07 Å². The van der Waals surface area contributed by atoms with Crippen LogP contribution in [-0.4, -0.2) is 35.4 Å². The lowest BCUT2D eigenvalue weighted by Gasteiger charge is -2.19. The molecule has 1 amide bonds. The van der Waals surface area contributed by atoms with Gasteiger partial charge in [0.15, 0.2) is 0 Å². The van der Waals surface area contributed by atoms with Crippen LogP contribution >= 0.6 is 12.2 Å². The molecule has 0 aromatic heterocycles. The summed E-state index contributed by atoms with van der Waals surface area (Å²) >= 11 is 4.84. The first-order valence-corrected chi connectivity index (χ1v) is 7.02. The number of halogens is 1. The summed E-state index contributed by atoms with van der Waals surface area (Å²) in [4.78, 5) is 13.6. The van der Waals surface area contributed by atoms with Crippen LogP contribution in [0.2, 0.25) is 0 Å². The van der Waals surface area contributed by atoms with Gasteiger partial charge in [-0.25, -0.2) is 4.39 Å². The van der Waals surface area contributed by atoms with Gasteiger partial charge >= 0.3 is 0 Å². The van der Waals surface area contributed by atoms with E-state index in [2.05, 4.69) is 5.32 Å². The summed E-state index contributed by atoms with van der Waals surface area (Å²) in [5.41, 5.74) is 6.23. The van der Waals surface area contributed by atoms with Crippen LogP contribution in [0.25, 0.3) is 0 Å². The van der Waals surface area contributed by atoms with Crippen LogP contribution in [0.3, 0.4) is 0 Å². The minimum atomic E-state index is -0.461. The molecule has 0 atom stereocenters. The first kappa shape index (κ1) is 16.4. The summed E-state index contributed by atoms with van der Waals surface area (Å²) in [6.45, 7) is 5.66. The molecule has 0 unspecified atom stereocenters. The molecule has 0 bridgehead atoms. The van der Waals surface area contributed by atoms with Crippen molar-refractivity contribution in [1.29, 1.82) is 0 Å². The average Bonchev–Trinajstić information content (AvgIpc) is 2.39. The number of anilines is 1. The van der Waals surface area contributed by atoms with Gasteiger partial charge in [0.25, 0.3) is 0 Å². The van der Waals surface area contributed by atoms with Crippen molar-refractivity contribution in [2.45, 2.75) is 20.3 Å². The van der Waals surface area contributed by atoms with Crippen molar-refractivity contribution in [3.63, 3.8) is 0 Å². The lowest BCUT2D eigenvalue weighted by atomic mass is 10.1. The van der Waals surface area contributed by atoms with E-state index in [-0.39, 0.29) is 16.5 Å². The van der Waals surface area contributed by atoms with Gasteiger partial charge in [-0.05, 0) is 26.0 Å². The normalized spacial score (nSPS) is 10.2. The molecule has 1 aromatic rings. The van der Waals surface area contributed by atoms with Gasteiger partial charge in [0.2, 0.25) is 5.91 Å². The van der Waals surface area contributed by atoms with Gasteiger partial charge < -0.3 is 16.0 Å². The lowest BCUT2D eigenvalue weighted by molar-refractivity contribution is -0.130. The SMILES string of the molecule is CCN(CC)C(=O)CCNc1cccc(F)c1C(N)=S. The van der Waals surface area contributed by atoms with Gasteiger partial charge in [0.1, 0.15) is 10.8 Å². The lowest BCUT2D eigenvalue weighted by Crippen LogP contribution is -2.31. The van der Waals surface area contributed by atoms with E-state index in [0.717, 1.165) is 0 Å². The second-order valence-corrected chi connectivity index (χ2v) is 4.71. The Labute approximate surface area is 124 Å². The Kier molecular flexibility index (Phi) is 6.38. The smallest absolute Gasteiger partial charge is 0.224 e. The molecule has 110 valence electrons. The van der Waals surface area contributed by atoms with Crippen LogP contribution in [-0.2, 0) is 4.79 Å². The number of nitrogens with zero attached hydrogens (tertiary/aromatic N) is 1. The Hall–Kier alpha value is -1.69. The fourth-order valence-electron chi connectivity index (χ4n) is 1.96. The summed E-state index contributed by atoms with van der Waals surface area (Å²) < 4.78 is 13.6. The Balaban J connectivity index is 2.65. The van der Waals surface area contributed by atoms with Gasteiger partial charge in [-0.3, -0.25) is 4.79 Å². The van der Waals surface area contributed by atoms with Crippen molar-refractivity contribution in [1.82, 2.24) is 4.90 Å². The molecule has 0 aliphatic heterocycles. The first-order valence-electron chi connectivity index (χ1n) is 6.61. The summed E-state index contributed by atoms with van der Waals surface area (Å²) in [5, 5.41) is 3.01. The molecule has 6 heteroatoms. The van der Waals surface area contributed by atoms with E-state index >= 15 is 0 Å². The van der Waals surface area contributed by atoms with Crippen LogP contribution in [0.1, 0.15) is 25.8 Å². The van der Waals surface area contributed by atoms with Crippen LogP contribution < -0.4 is 11.1 Å². The average molecular weight is 297 g/mol. The van der Waals surface area contributed by atoms with Crippen molar-refractivity contribution >= 4 is 28.8 Å². The monoisotopic (exact) mass is 297 g/mol. The van der Waals surface area contributed by atoms with E-state index in [4.69, 9.17) is 18.0 Å². The van der Waals surface area contributed by atoms with Crippen LogP contribution in [0, 0.1) is 5.82 Å². The number of benzene rings is 1. The molecule has 1 rings (SSSR count). The van der Waals surface area contributed by atoms with Gasteiger partial charge in [0, 0.05) is 31.7 Å². The summed E-state index contributed by atoms with van der Waals surface area (Å²) in [7, 11) is 0. The number of rotatable bonds is 7. The molecule has 0 aliphatic rings. The van der Waals surface area contributed by atoms with E-state index < -0.39 is 5.82 Å². The van der Waals surface area contributed by atoms with Gasteiger partial charge in [-0.15, -0.1) is 0 Å². The molecule has 1 aromatic carbocycles. The highest BCUT2D eigenvalue weighted by molar-refractivity contribution is 7.80. The molecular formula is C14H20FN3OS. The summed E-state index contributed by atoms with van der Waals surface area (Å²) in [5.74, 6) is -0.395. The fourth-order valence-corrected chi connectivity index (χ4v) is 2.17. The number of carbonyl (C=O) groups is 1. The van der Waals surface area contributed by atoms with Gasteiger partial charge in [0.05, 0.1) is 5.56 Å². The molecule has 0 aliphatic carbocycles. The van der Waals surface area contributed by atoms with Crippen molar-refractivity contribution < 1.29 is 9.18 Å². The third-order valence-corrected chi connectivity index (χ3v) is 3.23. The second-order valence-electron chi connectivity index (χ2n) is 4.27. The zero-order valence-electron chi connectivity index (χ0n) is 11.8. The largest absolute Gasteiger partial charge is 0.389 e. The predicted molar refractivity (Wildman–Crippen MR) is 83.3 cm³/mol. The highest BCUT2D eigenvalue weighted by Gasteiger charge is 2.12. The van der Waals surface area contributed by atoms with Gasteiger partial charge in [-0.2, -0.15) is 0 Å². The van der Waals surface area contributed by atoms with Crippen molar-refractivity contribution in [3.8, 4) is 0 Å². The molecule has 4 nitrogen and oxygen atoms in total. The Morgan fingerprint density at radius 2 is 2.05 bits per heavy atom. The molecule has 20 heavy (non-hydrogen) atoms. The quantitative estimate of drug-likeness (QED) is 0.757. The number of amides is 1. The van der Waals surface area contributed by atoms with Crippen molar-refractivity contribution in [3.05, 3.63) is 29.6 Å². The first-order chi connectivity index (χ1) is 9.51. The maximum absolute atomic E-state index is 13.6. The minimum absolute atomic E-state index is 0.000620. The molecule has 0 radical (unpaired) electrons. The van der Waals surface area contributed by atoms with Crippen LogP contribution in [0.15, 0.2) is 18.2 Å². The highest BCUT2D eigenvalue weighted by Crippen LogP contribution is 2.18. The number of thiocarbonyl (C=S) groups is 1. The summed E-state index contributed by atoms with van der Waals surface area (Å²) in [6.07, 6.45) is 0.342. The number of hydrogen-bond donors (Lipinski definition) is 2. The number of carbonyl (C=O) groups excluding carboxylic acids is 1. The summed E-state index contributed by atoms with van der Waals surface area (Å²) in [6, 6.07) is 4.58. The molecular weight excluding hydrogens is 277 g/mol. The van der Waals surface area contributed by atoms with Crippen molar-refractivity contribution in [2.75, 3.05) is 25.0 Å². The Morgan fingerprint density at radius 1 is 1.40 bits per heavy atom. The van der Waals surface area contributed by atoms with E-state index in [1.807, 2.05) is 13.8 Å². The molecule has 0 heterocycles. The highest BCUT2D eigenvalue weighted by atomic mass is 32.1. The van der Waals surface area contributed by atoms with E-state index in [1.54, 1.807) is 17.0 Å².